The number of nitrogens with zero attached hydrogens (tertiary/aromatic N) is 1. The molecule has 0 heterocycles. The molecule has 132 valence electrons. The number of ether oxygens (including phenoxy) is 2. The van der Waals surface area contributed by atoms with Crippen LogP contribution < -0.4 is 0 Å². The molecule has 0 bridgehead atoms. The first-order valence-corrected chi connectivity index (χ1v) is 7.60. The zero-order chi connectivity index (χ0) is 17.9. The number of carbonyl (C=O) groups is 1. The van der Waals surface area contributed by atoms with E-state index in [1.807, 2.05) is 32.0 Å². The molecule has 7 nitrogen and oxygen atoms in total. The summed E-state index contributed by atoms with van der Waals surface area (Å²) in [5, 5.41) is 8.36. The van der Waals surface area contributed by atoms with E-state index < -0.39 is 5.09 Å². The van der Waals surface area contributed by atoms with Crippen LogP contribution in [0.5, 0.6) is 0 Å². The topological polar surface area (TPSA) is 87.9 Å². The molecule has 0 unspecified atom stereocenters. The standard InChI is InChI=1S/C12H16O3.C2H5NO3.C2H6/c1-14-9-5-6-10-15-12(13)11-7-3-2-4-8-11;1-2-6-3(4)5;1-2/h2-4,7-8H,5-6,9-10H2,1H3;2H2,1H3;1-2H3. The number of rotatable bonds is 8. The molecule has 1 rings (SSSR count). The van der Waals surface area contributed by atoms with E-state index in [1.54, 1.807) is 26.2 Å². The van der Waals surface area contributed by atoms with Crippen LogP contribution >= 0.6 is 0 Å². The average molecular weight is 329 g/mol. The summed E-state index contributed by atoms with van der Waals surface area (Å²) >= 11 is 0. The third-order valence-corrected chi connectivity index (χ3v) is 2.22. The molecule has 0 aromatic heterocycles. The van der Waals surface area contributed by atoms with E-state index in [9.17, 15) is 14.9 Å². The molecule has 0 saturated carbocycles. The van der Waals surface area contributed by atoms with Crippen molar-refractivity contribution in [1.82, 2.24) is 0 Å². The Morgan fingerprint density at radius 1 is 1.13 bits per heavy atom. The normalized spacial score (nSPS) is 8.70. The fourth-order valence-electron chi connectivity index (χ4n) is 1.28. The number of benzene rings is 1. The molecule has 0 amide bonds. The third kappa shape index (κ3) is 16.1. The number of hydrogen-bond donors (Lipinski definition) is 0. The second-order valence-electron chi connectivity index (χ2n) is 3.84. The summed E-state index contributed by atoms with van der Waals surface area (Å²) in [6.07, 6.45) is 1.75. The molecule has 0 aliphatic heterocycles. The van der Waals surface area contributed by atoms with Gasteiger partial charge in [-0.25, -0.2) is 4.79 Å². The molecule has 0 spiro atoms. The Kier molecular flexibility index (Phi) is 18.0. The maximum absolute atomic E-state index is 11.4. The van der Waals surface area contributed by atoms with Crippen molar-refractivity contribution in [3.05, 3.63) is 46.0 Å². The van der Waals surface area contributed by atoms with E-state index >= 15 is 0 Å². The van der Waals surface area contributed by atoms with E-state index in [2.05, 4.69) is 4.84 Å². The van der Waals surface area contributed by atoms with Crippen LogP contribution in [-0.4, -0.2) is 38.0 Å². The lowest BCUT2D eigenvalue weighted by Gasteiger charge is -2.04. The van der Waals surface area contributed by atoms with Crippen molar-refractivity contribution < 1.29 is 24.2 Å². The largest absolute Gasteiger partial charge is 0.462 e. The molecule has 0 atom stereocenters. The zero-order valence-electron chi connectivity index (χ0n) is 14.3. The van der Waals surface area contributed by atoms with E-state index in [1.165, 1.54) is 0 Å². The van der Waals surface area contributed by atoms with Crippen molar-refractivity contribution in [2.45, 2.75) is 33.6 Å². The summed E-state index contributed by atoms with van der Waals surface area (Å²) in [5.74, 6) is -0.256. The van der Waals surface area contributed by atoms with Gasteiger partial charge in [0.1, 0.15) is 0 Å². The summed E-state index contributed by atoms with van der Waals surface area (Å²) in [5.41, 5.74) is 0.601. The second kappa shape index (κ2) is 17.9. The molecule has 1 aromatic carbocycles. The summed E-state index contributed by atoms with van der Waals surface area (Å²) in [4.78, 5) is 24.4. The maximum Gasteiger partial charge on any atom is 0.338 e. The highest BCUT2D eigenvalue weighted by Crippen LogP contribution is 2.01. The molecule has 0 saturated heterocycles. The monoisotopic (exact) mass is 329 g/mol. The molecule has 1 aromatic rings. The van der Waals surface area contributed by atoms with Crippen LogP contribution in [0.2, 0.25) is 0 Å². The van der Waals surface area contributed by atoms with Crippen LogP contribution in [0.25, 0.3) is 0 Å². The van der Waals surface area contributed by atoms with Gasteiger partial charge in [-0.2, -0.15) is 0 Å². The minimum atomic E-state index is -0.819. The summed E-state index contributed by atoms with van der Waals surface area (Å²) in [7, 11) is 1.66. The predicted molar refractivity (Wildman–Crippen MR) is 87.8 cm³/mol. The van der Waals surface area contributed by atoms with Crippen LogP contribution in [0.1, 0.15) is 44.0 Å². The van der Waals surface area contributed by atoms with Crippen molar-refractivity contribution in [2.24, 2.45) is 0 Å². The first kappa shape index (κ1) is 23.1. The molecule has 0 N–H and O–H groups in total. The highest BCUT2D eigenvalue weighted by molar-refractivity contribution is 5.89. The van der Waals surface area contributed by atoms with Gasteiger partial charge < -0.3 is 14.3 Å². The fourth-order valence-corrected chi connectivity index (χ4v) is 1.28. The fraction of sp³-hybridized carbons (Fsp3) is 0.562. The first-order valence-electron chi connectivity index (χ1n) is 7.60. The van der Waals surface area contributed by atoms with Gasteiger partial charge in [-0.15, -0.1) is 10.1 Å². The van der Waals surface area contributed by atoms with Crippen LogP contribution in [0.3, 0.4) is 0 Å². The molecule has 7 heteroatoms. The number of unbranched alkanes of at least 4 members (excludes halogenated alkanes) is 1. The Morgan fingerprint density at radius 2 is 1.70 bits per heavy atom. The molecule has 23 heavy (non-hydrogen) atoms. The van der Waals surface area contributed by atoms with E-state index in [0.717, 1.165) is 12.8 Å². The minimum Gasteiger partial charge on any atom is -0.462 e. The Labute approximate surface area is 137 Å². The highest BCUT2D eigenvalue weighted by Gasteiger charge is 2.04. The molecule has 0 radical (unpaired) electrons. The van der Waals surface area contributed by atoms with E-state index in [4.69, 9.17) is 9.47 Å². The van der Waals surface area contributed by atoms with Crippen molar-refractivity contribution in [1.29, 1.82) is 0 Å². The lowest BCUT2D eigenvalue weighted by molar-refractivity contribution is -0.756. The van der Waals surface area contributed by atoms with Crippen LogP contribution in [0.15, 0.2) is 30.3 Å². The molecule has 0 aliphatic carbocycles. The third-order valence-electron chi connectivity index (χ3n) is 2.22. The molecule has 0 fully saturated rings. The SMILES string of the molecule is CC.CCO[N+](=O)[O-].COCCCCOC(=O)c1ccccc1. The number of carbonyl (C=O) groups excluding carboxylic acids is 1. The van der Waals surface area contributed by atoms with Gasteiger partial charge in [-0.05, 0) is 31.9 Å². The van der Waals surface area contributed by atoms with Crippen molar-refractivity contribution in [3.8, 4) is 0 Å². The van der Waals surface area contributed by atoms with Crippen molar-refractivity contribution >= 4 is 5.97 Å². The number of esters is 1. The van der Waals surface area contributed by atoms with Crippen LogP contribution in [-0.2, 0) is 14.3 Å². The van der Waals surface area contributed by atoms with Gasteiger partial charge in [0.2, 0.25) is 0 Å². The van der Waals surface area contributed by atoms with Gasteiger partial charge in [0.25, 0.3) is 5.09 Å². The molecular weight excluding hydrogens is 302 g/mol. The smallest absolute Gasteiger partial charge is 0.338 e. The predicted octanol–water partition coefficient (Wildman–Crippen LogP) is 3.51. The van der Waals surface area contributed by atoms with Gasteiger partial charge in [0, 0.05) is 13.7 Å². The Balaban J connectivity index is 0. The van der Waals surface area contributed by atoms with Gasteiger partial charge in [-0.3, -0.25) is 0 Å². The van der Waals surface area contributed by atoms with Gasteiger partial charge in [0.15, 0.2) is 0 Å². The van der Waals surface area contributed by atoms with Crippen LogP contribution in [0.4, 0.5) is 0 Å². The lowest BCUT2D eigenvalue weighted by atomic mass is 10.2. The van der Waals surface area contributed by atoms with Crippen molar-refractivity contribution in [2.75, 3.05) is 26.9 Å². The number of methoxy groups -OCH3 is 1. The van der Waals surface area contributed by atoms with Gasteiger partial charge >= 0.3 is 5.97 Å². The second-order valence-corrected chi connectivity index (χ2v) is 3.84. The summed E-state index contributed by atoms with van der Waals surface area (Å²) < 4.78 is 9.97. The van der Waals surface area contributed by atoms with E-state index in [0.29, 0.717) is 18.8 Å². The van der Waals surface area contributed by atoms with Gasteiger partial charge in [0.05, 0.1) is 18.8 Å². The highest BCUT2D eigenvalue weighted by atomic mass is 16.9. The van der Waals surface area contributed by atoms with Crippen LogP contribution in [0, 0.1) is 10.1 Å². The zero-order valence-corrected chi connectivity index (χ0v) is 14.3. The summed E-state index contributed by atoms with van der Waals surface area (Å²) in [6.45, 7) is 6.86. The summed E-state index contributed by atoms with van der Waals surface area (Å²) in [6, 6.07) is 9.01. The Hall–Kier alpha value is -2.15. The molecular formula is C16H27NO6. The first-order chi connectivity index (χ1) is 11.1. The minimum absolute atomic E-state index is 0.132. The van der Waals surface area contributed by atoms with Crippen molar-refractivity contribution in [3.63, 3.8) is 0 Å². The quantitative estimate of drug-likeness (QED) is 0.314. The molecule has 0 aliphatic rings. The maximum atomic E-state index is 11.4. The lowest BCUT2D eigenvalue weighted by Crippen LogP contribution is -2.06. The average Bonchev–Trinajstić information content (AvgIpc) is 2.57. The van der Waals surface area contributed by atoms with Gasteiger partial charge in [-0.1, -0.05) is 32.0 Å². The van der Waals surface area contributed by atoms with E-state index in [-0.39, 0.29) is 12.6 Å². The Bertz CT molecular complexity index is 397. The Morgan fingerprint density at radius 3 is 2.13 bits per heavy atom. The number of hydrogen-bond acceptors (Lipinski definition) is 6.